The van der Waals surface area contributed by atoms with Crippen molar-refractivity contribution in [1.29, 1.82) is 0 Å². The van der Waals surface area contributed by atoms with Crippen LogP contribution in [0.1, 0.15) is 12.0 Å². The largest absolute Gasteiger partial charge is 0.451 e. The first kappa shape index (κ1) is 10.7. The van der Waals surface area contributed by atoms with Crippen molar-refractivity contribution >= 4 is 28.5 Å². The standard InChI is InChI=1S/C11H13BO2S/c13-12(14)7-3-4-9-8-15-11-6-2-1-5-10(9)11/h1-2,5-6,8,13-14H,3-4,7H2. The molecule has 78 valence electrons. The third-order valence-electron chi connectivity index (χ3n) is 2.47. The highest BCUT2D eigenvalue weighted by atomic mass is 32.1. The average molecular weight is 220 g/mol. The summed E-state index contributed by atoms with van der Waals surface area (Å²) in [5.74, 6) is 0. The van der Waals surface area contributed by atoms with Crippen molar-refractivity contribution in [2.45, 2.75) is 19.2 Å². The molecule has 0 aliphatic heterocycles. The number of hydrogen-bond donors (Lipinski definition) is 2. The Balaban J connectivity index is 2.08. The fourth-order valence-corrected chi connectivity index (χ4v) is 2.70. The molecule has 1 aromatic carbocycles. The van der Waals surface area contributed by atoms with Crippen LogP contribution in [0.4, 0.5) is 0 Å². The van der Waals surface area contributed by atoms with Crippen molar-refractivity contribution in [3.63, 3.8) is 0 Å². The van der Waals surface area contributed by atoms with Gasteiger partial charge < -0.3 is 10.0 Å². The molecule has 0 unspecified atom stereocenters. The normalized spacial score (nSPS) is 10.8. The molecule has 0 aliphatic carbocycles. The van der Waals surface area contributed by atoms with E-state index in [2.05, 4.69) is 17.5 Å². The van der Waals surface area contributed by atoms with Gasteiger partial charge in [0.25, 0.3) is 0 Å². The maximum Gasteiger partial charge on any atom is 0.451 e. The summed E-state index contributed by atoms with van der Waals surface area (Å²) in [7, 11) is -1.17. The number of thiophene rings is 1. The van der Waals surface area contributed by atoms with Crippen LogP contribution in [0.25, 0.3) is 10.1 Å². The molecular formula is C11H13BO2S. The molecular weight excluding hydrogens is 207 g/mol. The van der Waals surface area contributed by atoms with Crippen molar-refractivity contribution in [1.82, 2.24) is 0 Å². The zero-order valence-electron chi connectivity index (χ0n) is 8.39. The molecule has 0 aliphatic rings. The summed E-state index contributed by atoms with van der Waals surface area (Å²) < 4.78 is 1.30. The highest BCUT2D eigenvalue weighted by molar-refractivity contribution is 7.17. The molecule has 0 saturated heterocycles. The van der Waals surface area contributed by atoms with Crippen LogP contribution in [0.3, 0.4) is 0 Å². The first-order valence-electron chi connectivity index (χ1n) is 5.08. The molecule has 2 aromatic rings. The fourth-order valence-electron chi connectivity index (χ4n) is 1.70. The highest BCUT2D eigenvalue weighted by Gasteiger charge is 2.07. The topological polar surface area (TPSA) is 40.5 Å². The molecule has 0 radical (unpaired) electrons. The van der Waals surface area contributed by atoms with Gasteiger partial charge in [-0.2, -0.15) is 0 Å². The van der Waals surface area contributed by atoms with Crippen LogP contribution < -0.4 is 0 Å². The van der Waals surface area contributed by atoms with Crippen LogP contribution in [0.2, 0.25) is 6.32 Å². The Morgan fingerprint density at radius 1 is 1.20 bits per heavy atom. The summed E-state index contributed by atoms with van der Waals surface area (Å²) in [6.45, 7) is 0. The van der Waals surface area contributed by atoms with E-state index in [9.17, 15) is 0 Å². The first-order chi connectivity index (χ1) is 7.27. The lowest BCUT2D eigenvalue weighted by atomic mass is 9.83. The SMILES string of the molecule is OB(O)CCCc1csc2ccccc12. The molecule has 15 heavy (non-hydrogen) atoms. The molecule has 0 fully saturated rings. The molecule has 4 heteroatoms. The molecule has 2 nitrogen and oxygen atoms in total. The summed E-state index contributed by atoms with van der Waals surface area (Å²) in [5.41, 5.74) is 1.32. The third kappa shape index (κ3) is 2.59. The van der Waals surface area contributed by atoms with E-state index < -0.39 is 7.12 Å². The van der Waals surface area contributed by atoms with Gasteiger partial charge in [-0.1, -0.05) is 24.6 Å². The second-order valence-corrected chi connectivity index (χ2v) is 4.54. The summed E-state index contributed by atoms with van der Waals surface area (Å²) in [6.07, 6.45) is 2.18. The highest BCUT2D eigenvalue weighted by Crippen LogP contribution is 2.26. The Labute approximate surface area is 93.3 Å². The van der Waals surface area contributed by atoms with E-state index in [4.69, 9.17) is 10.0 Å². The van der Waals surface area contributed by atoms with Crippen LogP contribution >= 0.6 is 11.3 Å². The minimum Gasteiger partial charge on any atom is -0.427 e. The Morgan fingerprint density at radius 3 is 2.80 bits per heavy atom. The number of rotatable bonds is 4. The van der Waals surface area contributed by atoms with Gasteiger partial charge in [0.2, 0.25) is 0 Å². The van der Waals surface area contributed by atoms with Crippen LogP contribution in [0.5, 0.6) is 0 Å². The van der Waals surface area contributed by atoms with E-state index in [0.717, 1.165) is 12.8 Å². The molecule has 0 saturated carbocycles. The lowest BCUT2D eigenvalue weighted by Gasteiger charge is -1.99. The molecule has 1 heterocycles. The second kappa shape index (κ2) is 4.79. The quantitative estimate of drug-likeness (QED) is 0.776. The number of fused-ring (bicyclic) bond motifs is 1. The maximum absolute atomic E-state index is 8.75. The van der Waals surface area contributed by atoms with Gasteiger partial charge in [-0.05, 0) is 35.1 Å². The van der Waals surface area contributed by atoms with Gasteiger partial charge in [0.05, 0.1) is 0 Å². The second-order valence-electron chi connectivity index (χ2n) is 3.63. The summed E-state index contributed by atoms with van der Waals surface area (Å²) in [6, 6.07) is 8.32. The van der Waals surface area contributed by atoms with E-state index in [1.807, 2.05) is 12.1 Å². The van der Waals surface area contributed by atoms with Gasteiger partial charge in [0, 0.05) is 4.70 Å². The van der Waals surface area contributed by atoms with Gasteiger partial charge >= 0.3 is 7.12 Å². The Morgan fingerprint density at radius 2 is 2.00 bits per heavy atom. The fraction of sp³-hybridized carbons (Fsp3) is 0.273. The summed E-state index contributed by atoms with van der Waals surface area (Å²) >= 11 is 1.75. The van der Waals surface area contributed by atoms with Crippen molar-refractivity contribution in [2.24, 2.45) is 0 Å². The smallest absolute Gasteiger partial charge is 0.427 e. The summed E-state index contributed by atoms with van der Waals surface area (Å²) in [5, 5.41) is 21.0. The van der Waals surface area contributed by atoms with Crippen LogP contribution in [-0.4, -0.2) is 17.2 Å². The minimum atomic E-state index is -1.17. The third-order valence-corrected chi connectivity index (χ3v) is 3.48. The van der Waals surface area contributed by atoms with Crippen LogP contribution in [0, 0.1) is 0 Å². The number of aryl methyl sites for hydroxylation is 1. The van der Waals surface area contributed by atoms with Gasteiger partial charge in [0.15, 0.2) is 0 Å². The predicted molar refractivity (Wildman–Crippen MR) is 65.1 cm³/mol. The van der Waals surface area contributed by atoms with Gasteiger partial charge in [-0.15, -0.1) is 11.3 Å². The molecule has 2 N–H and O–H groups in total. The summed E-state index contributed by atoms with van der Waals surface area (Å²) in [4.78, 5) is 0. The molecule has 0 atom stereocenters. The molecule has 0 bridgehead atoms. The van der Waals surface area contributed by atoms with Crippen molar-refractivity contribution in [2.75, 3.05) is 0 Å². The number of benzene rings is 1. The minimum absolute atomic E-state index is 0.449. The number of hydrogen-bond acceptors (Lipinski definition) is 3. The van der Waals surface area contributed by atoms with Gasteiger partial charge in [0.1, 0.15) is 0 Å². The Kier molecular flexibility index (Phi) is 3.41. The van der Waals surface area contributed by atoms with Gasteiger partial charge in [-0.25, -0.2) is 0 Å². The zero-order chi connectivity index (χ0) is 10.7. The molecule has 0 spiro atoms. The maximum atomic E-state index is 8.75. The molecule has 0 amide bonds. The van der Waals surface area contributed by atoms with E-state index in [0.29, 0.717) is 6.32 Å². The van der Waals surface area contributed by atoms with E-state index in [1.54, 1.807) is 11.3 Å². The van der Waals surface area contributed by atoms with Crippen molar-refractivity contribution in [3.8, 4) is 0 Å². The average Bonchev–Trinajstić information content (AvgIpc) is 2.62. The van der Waals surface area contributed by atoms with Crippen molar-refractivity contribution in [3.05, 3.63) is 35.2 Å². The molecule has 1 aromatic heterocycles. The Bertz CT molecular complexity index is 439. The van der Waals surface area contributed by atoms with Crippen LogP contribution in [-0.2, 0) is 6.42 Å². The van der Waals surface area contributed by atoms with E-state index >= 15 is 0 Å². The lowest BCUT2D eigenvalue weighted by Crippen LogP contribution is -2.09. The van der Waals surface area contributed by atoms with E-state index in [1.165, 1.54) is 15.6 Å². The predicted octanol–water partition coefficient (Wildman–Crippen LogP) is 2.31. The lowest BCUT2D eigenvalue weighted by molar-refractivity contribution is 0.403. The van der Waals surface area contributed by atoms with Crippen LogP contribution in [0.15, 0.2) is 29.6 Å². The first-order valence-corrected chi connectivity index (χ1v) is 5.96. The zero-order valence-corrected chi connectivity index (χ0v) is 9.20. The Hall–Kier alpha value is -0.835. The van der Waals surface area contributed by atoms with Gasteiger partial charge in [-0.3, -0.25) is 0 Å². The van der Waals surface area contributed by atoms with E-state index in [-0.39, 0.29) is 0 Å². The monoisotopic (exact) mass is 220 g/mol. The van der Waals surface area contributed by atoms with Crippen molar-refractivity contribution < 1.29 is 10.0 Å². The molecule has 2 rings (SSSR count).